The quantitative estimate of drug-likeness (QED) is 0.886. The van der Waals surface area contributed by atoms with Crippen molar-refractivity contribution in [1.82, 2.24) is 14.5 Å². The Morgan fingerprint density at radius 2 is 2.05 bits per heavy atom. The molecule has 20 heavy (non-hydrogen) atoms. The van der Waals surface area contributed by atoms with Crippen molar-refractivity contribution < 1.29 is 8.42 Å². The predicted octanol–water partition coefficient (Wildman–Crippen LogP) is 1.18. The first-order valence-electron chi connectivity index (χ1n) is 6.83. The van der Waals surface area contributed by atoms with Gasteiger partial charge in [-0.2, -0.15) is 4.31 Å². The van der Waals surface area contributed by atoms with Crippen LogP contribution in [0.5, 0.6) is 0 Å². The summed E-state index contributed by atoms with van der Waals surface area (Å²) in [6.45, 7) is 1.94. The lowest BCUT2D eigenvalue weighted by Gasteiger charge is -2.34. The average Bonchev–Trinajstić information content (AvgIpc) is 2.88. The molecule has 0 bridgehead atoms. The van der Waals surface area contributed by atoms with Gasteiger partial charge in [0.05, 0.1) is 4.90 Å². The molecule has 1 aliphatic heterocycles. The molecule has 0 saturated carbocycles. The van der Waals surface area contributed by atoms with E-state index in [2.05, 4.69) is 24.3 Å². The van der Waals surface area contributed by atoms with E-state index in [4.69, 9.17) is 0 Å². The molecule has 0 aromatic carbocycles. The number of hydrogen-bond donors (Lipinski definition) is 1. The van der Waals surface area contributed by atoms with Gasteiger partial charge in [0, 0.05) is 35.9 Å². The summed E-state index contributed by atoms with van der Waals surface area (Å²) in [6.07, 6.45) is 1.81. The Morgan fingerprint density at radius 1 is 1.40 bits per heavy atom. The van der Waals surface area contributed by atoms with Crippen molar-refractivity contribution in [2.75, 3.05) is 34.2 Å². The van der Waals surface area contributed by atoms with Gasteiger partial charge in [0.1, 0.15) is 0 Å². The third-order valence-corrected chi connectivity index (χ3v) is 6.73. The lowest BCUT2D eigenvalue weighted by molar-refractivity contribution is 0.196. The van der Waals surface area contributed by atoms with E-state index in [0.29, 0.717) is 30.6 Å². The second-order valence-electron chi connectivity index (χ2n) is 5.38. The van der Waals surface area contributed by atoms with Gasteiger partial charge < -0.3 is 10.2 Å². The number of nitrogens with zero attached hydrogens (tertiary/aromatic N) is 2. The summed E-state index contributed by atoms with van der Waals surface area (Å²) in [7, 11) is 2.66. The van der Waals surface area contributed by atoms with Crippen LogP contribution in [0, 0.1) is 0 Å². The normalized spacial score (nSPS) is 18.8. The molecule has 1 saturated heterocycles. The molecule has 2 rings (SSSR count). The molecule has 0 aliphatic carbocycles. The van der Waals surface area contributed by atoms with E-state index in [1.807, 2.05) is 7.05 Å². The molecule has 0 atom stereocenters. The van der Waals surface area contributed by atoms with Crippen LogP contribution in [0.15, 0.2) is 16.3 Å². The molecular formula is C13H23N3O2S2. The monoisotopic (exact) mass is 317 g/mol. The molecular weight excluding hydrogens is 294 g/mol. The maximum absolute atomic E-state index is 12.6. The summed E-state index contributed by atoms with van der Waals surface area (Å²) in [5.41, 5.74) is 0. The average molecular weight is 317 g/mol. The van der Waals surface area contributed by atoms with E-state index in [1.165, 1.54) is 11.3 Å². The van der Waals surface area contributed by atoms with Gasteiger partial charge in [-0.05, 0) is 40.1 Å². The number of nitrogens with one attached hydrogen (secondary N) is 1. The van der Waals surface area contributed by atoms with Gasteiger partial charge in [-0.25, -0.2) is 8.42 Å². The van der Waals surface area contributed by atoms with E-state index in [1.54, 1.807) is 15.8 Å². The number of piperidine rings is 1. The fourth-order valence-corrected chi connectivity index (χ4v) is 5.26. The Bertz CT molecular complexity index is 532. The minimum atomic E-state index is -3.31. The van der Waals surface area contributed by atoms with Crippen molar-refractivity contribution in [2.24, 2.45) is 0 Å². The van der Waals surface area contributed by atoms with Crippen LogP contribution in [-0.4, -0.2) is 57.9 Å². The number of rotatable bonds is 5. The number of sulfonamides is 1. The first kappa shape index (κ1) is 15.9. The highest BCUT2D eigenvalue weighted by molar-refractivity contribution is 7.89. The van der Waals surface area contributed by atoms with Crippen molar-refractivity contribution in [2.45, 2.75) is 30.3 Å². The van der Waals surface area contributed by atoms with Gasteiger partial charge in [-0.3, -0.25) is 0 Å². The topological polar surface area (TPSA) is 52.7 Å². The molecule has 0 spiro atoms. The molecule has 7 heteroatoms. The van der Waals surface area contributed by atoms with Crippen LogP contribution in [0.4, 0.5) is 0 Å². The highest BCUT2D eigenvalue weighted by Crippen LogP contribution is 2.25. The molecule has 1 N–H and O–H groups in total. The van der Waals surface area contributed by atoms with Crippen molar-refractivity contribution in [1.29, 1.82) is 0 Å². The molecule has 114 valence electrons. The molecule has 1 aromatic heterocycles. The van der Waals surface area contributed by atoms with Gasteiger partial charge in [0.2, 0.25) is 10.0 Å². The smallest absolute Gasteiger partial charge is 0.243 e. The standard InChI is InChI=1S/C13H23N3O2S2/c1-14-9-12-8-13(10-19-12)20(17,18)16-6-4-11(5-7-16)15(2)3/h8,10-11,14H,4-7,9H2,1-3H3. The maximum atomic E-state index is 12.6. The van der Waals surface area contributed by atoms with Crippen LogP contribution in [0.1, 0.15) is 17.7 Å². The fourth-order valence-electron chi connectivity index (χ4n) is 2.51. The molecule has 0 unspecified atom stereocenters. The number of thiophene rings is 1. The lowest BCUT2D eigenvalue weighted by atomic mass is 10.1. The summed E-state index contributed by atoms with van der Waals surface area (Å²) in [5, 5.41) is 4.79. The van der Waals surface area contributed by atoms with Crippen LogP contribution in [0.3, 0.4) is 0 Å². The fraction of sp³-hybridized carbons (Fsp3) is 0.692. The summed E-state index contributed by atoms with van der Waals surface area (Å²) < 4.78 is 26.8. The third-order valence-electron chi connectivity index (χ3n) is 3.77. The van der Waals surface area contributed by atoms with Crippen molar-refractivity contribution in [3.05, 3.63) is 16.3 Å². The third kappa shape index (κ3) is 3.40. The van der Waals surface area contributed by atoms with Gasteiger partial charge in [-0.15, -0.1) is 11.3 Å². The molecule has 1 aromatic rings. The van der Waals surface area contributed by atoms with E-state index < -0.39 is 10.0 Å². The van der Waals surface area contributed by atoms with Gasteiger partial charge in [0.15, 0.2) is 0 Å². The molecule has 1 aliphatic rings. The molecule has 0 radical (unpaired) electrons. The van der Waals surface area contributed by atoms with Crippen molar-refractivity contribution >= 4 is 21.4 Å². The number of hydrogen-bond acceptors (Lipinski definition) is 5. The van der Waals surface area contributed by atoms with Crippen LogP contribution in [-0.2, 0) is 16.6 Å². The first-order valence-corrected chi connectivity index (χ1v) is 9.15. The molecule has 1 fully saturated rings. The minimum Gasteiger partial charge on any atom is -0.315 e. The predicted molar refractivity (Wildman–Crippen MR) is 82.6 cm³/mol. The summed E-state index contributed by atoms with van der Waals surface area (Å²) in [4.78, 5) is 3.67. The second-order valence-corrected chi connectivity index (χ2v) is 8.31. The summed E-state index contributed by atoms with van der Waals surface area (Å²) >= 11 is 1.49. The van der Waals surface area contributed by atoms with Gasteiger partial charge >= 0.3 is 0 Å². The molecule has 5 nitrogen and oxygen atoms in total. The van der Waals surface area contributed by atoms with E-state index >= 15 is 0 Å². The van der Waals surface area contributed by atoms with Crippen LogP contribution in [0.25, 0.3) is 0 Å². The largest absolute Gasteiger partial charge is 0.315 e. The lowest BCUT2D eigenvalue weighted by Crippen LogP contribution is -2.44. The zero-order valence-electron chi connectivity index (χ0n) is 12.3. The molecule has 0 amide bonds. The van der Waals surface area contributed by atoms with E-state index in [9.17, 15) is 8.42 Å². The Hall–Kier alpha value is -0.470. The summed E-state index contributed by atoms with van der Waals surface area (Å²) in [5.74, 6) is 0. The highest BCUT2D eigenvalue weighted by atomic mass is 32.2. The maximum Gasteiger partial charge on any atom is 0.243 e. The van der Waals surface area contributed by atoms with Gasteiger partial charge in [-0.1, -0.05) is 0 Å². The van der Waals surface area contributed by atoms with Crippen LogP contribution < -0.4 is 5.32 Å². The van der Waals surface area contributed by atoms with Crippen molar-refractivity contribution in [3.8, 4) is 0 Å². The van der Waals surface area contributed by atoms with Crippen LogP contribution >= 0.6 is 11.3 Å². The molecule has 2 heterocycles. The Kier molecular flexibility index (Phi) is 5.19. The van der Waals surface area contributed by atoms with Crippen molar-refractivity contribution in [3.63, 3.8) is 0 Å². The van der Waals surface area contributed by atoms with Crippen LogP contribution in [0.2, 0.25) is 0 Å². The SMILES string of the molecule is CNCc1cc(S(=O)(=O)N2CCC(N(C)C)CC2)cs1. The van der Waals surface area contributed by atoms with E-state index in [0.717, 1.165) is 17.7 Å². The highest BCUT2D eigenvalue weighted by Gasteiger charge is 2.30. The minimum absolute atomic E-state index is 0.441. The zero-order valence-corrected chi connectivity index (χ0v) is 13.9. The second kappa shape index (κ2) is 6.53. The Morgan fingerprint density at radius 3 is 2.60 bits per heavy atom. The Balaban J connectivity index is 2.07. The Labute approximate surface area is 125 Å². The van der Waals surface area contributed by atoms with E-state index in [-0.39, 0.29) is 0 Å². The zero-order chi connectivity index (χ0) is 14.8. The summed E-state index contributed by atoms with van der Waals surface area (Å²) in [6, 6.07) is 2.28. The first-order chi connectivity index (χ1) is 9.45. The van der Waals surface area contributed by atoms with Gasteiger partial charge in [0.25, 0.3) is 0 Å².